The summed E-state index contributed by atoms with van der Waals surface area (Å²) in [6, 6.07) is 22.4. The van der Waals surface area contributed by atoms with Gasteiger partial charge in [0.25, 0.3) is 5.91 Å². The Kier molecular flexibility index (Phi) is 6.66. The second kappa shape index (κ2) is 9.61. The van der Waals surface area contributed by atoms with Gasteiger partial charge in [-0.15, -0.1) is 0 Å². The number of carbonyl (C=O) groups excluding carboxylic acids is 1. The first-order valence-corrected chi connectivity index (χ1v) is 11.4. The third-order valence-corrected chi connectivity index (χ3v) is 6.22. The molecule has 1 saturated heterocycles. The fourth-order valence-corrected chi connectivity index (χ4v) is 4.23. The maximum absolute atomic E-state index is 12.8. The molecule has 3 aromatic rings. The van der Waals surface area contributed by atoms with Gasteiger partial charge in [-0.3, -0.25) is 9.69 Å². The second-order valence-corrected chi connectivity index (χ2v) is 9.43. The van der Waals surface area contributed by atoms with Crippen molar-refractivity contribution in [2.24, 2.45) is 0 Å². The van der Waals surface area contributed by atoms with Crippen LogP contribution in [0.5, 0.6) is 0 Å². The first-order chi connectivity index (χ1) is 15.4. The standard InChI is InChI=1S/C27H33N3O2/c1-27(2,3)22-13-11-21(12-14-22)26(31)28-20-24(25-10-7-19-32-25)30-17-15-29(16-18-30)23-8-5-4-6-9-23/h4-14,19,24H,15-18,20H2,1-3H3,(H,28,31)/t24-/m0/s1. The normalized spacial score (nSPS) is 16.0. The molecular weight excluding hydrogens is 398 g/mol. The number of nitrogens with zero attached hydrogens (tertiary/aromatic N) is 2. The highest BCUT2D eigenvalue weighted by Crippen LogP contribution is 2.25. The van der Waals surface area contributed by atoms with E-state index in [1.807, 2.05) is 42.5 Å². The number of rotatable bonds is 6. The molecule has 0 radical (unpaired) electrons. The van der Waals surface area contributed by atoms with Crippen LogP contribution in [0, 0.1) is 0 Å². The van der Waals surface area contributed by atoms with Crippen molar-refractivity contribution in [1.82, 2.24) is 10.2 Å². The van der Waals surface area contributed by atoms with Gasteiger partial charge in [-0.05, 0) is 47.4 Å². The molecule has 0 aliphatic carbocycles. The maximum Gasteiger partial charge on any atom is 0.251 e. The van der Waals surface area contributed by atoms with E-state index in [1.54, 1.807) is 6.26 Å². The Hall–Kier alpha value is -3.05. The van der Waals surface area contributed by atoms with E-state index in [9.17, 15) is 4.79 Å². The van der Waals surface area contributed by atoms with Crippen molar-refractivity contribution in [3.05, 3.63) is 89.9 Å². The van der Waals surface area contributed by atoms with Gasteiger partial charge in [0, 0.05) is 44.0 Å². The zero-order valence-electron chi connectivity index (χ0n) is 19.3. The van der Waals surface area contributed by atoms with E-state index < -0.39 is 0 Å². The number of anilines is 1. The van der Waals surface area contributed by atoms with E-state index in [0.29, 0.717) is 12.1 Å². The first kappa shape index (κ1) is 22.2. The lowest BCUT2D eigenvalue weighted by molar-refractivity contribution is 0.0923. The van der Waals surface area contributed by atoms with Crippen LogP contribution < -0.4 is 10.2 Å². The number of hydrogen-bond acceptors (Lipinski definition) is 4. The highest BCUT2D eigenvalue weighted by atomic mass is 16.3. The molecular formula is C27H33N3O2. The van der Waals surface area contributed by atoms with Crippen molar-refractivity contribution in [1.29, 1.82) is 0 Å². The Morgan fingerprint density at radius 1 is 0.938 bits per heavy atom. The van der Waals surface area contributed by atoms with Crippen molar-refractivity contribution in [3.8, 4) is 0 Å². The third kappa shape index (κ3) is 5.22. The van der Waals surface area contributed by atoms with Crippen LogP contribution in [0.1, 0.15) is 48.5 Å². The maximum atomic E-state index is 12.8. The Morgan fingerprint density at radius 3 is 2.22 bits per heavy atom. The van der Waals surface area contributed by atoms with Crippen LogP contribution in [0.2, 0.25) is 0 Å². The van der Waals surface area contributed by atoms with Gasteiger partial charge in [-0.25, -0.2) is 0 Å². The molecule has 5 heteroatoms. The van der Waals surface area contributed by atoms with Gasteiger partial charge in [-0.2, -0.15) is 0 Å². The van der Waals surface area contributed by atoms with E-state index in [-0.39, 0.29) is 17.4 Å². The minimum absolute atomic E-state index is 0.0146. The van der Waals surface area contributed by atoms with Gasteiger partial charge < -0.3 is 14.6 Å². The van der Waals surface area contributed by atoms with Crippen LogP contribution in [0.3, 0.4) is 0 Å². The quantitative estimate of drug-likeness (QED) is 0.605. The van der Waals surface area contributed by atoms with Crippen molar-refractivity contribution < 1.29 is 9.21 Å². The average Bonchev–Trinajstić information content (AvgIpc) is 3.34. The zero-order valence-corrected chi connectivity index (χ0v) is 19.3. The van der Waals surface area contributed by atoms with Crippen molar-refractivity contribution in [2.75, 3.05) is 37.6 Å². The molecule has 0 bridgehead atoms. The molecule has 168 valence electrons. The lowest BCUT2D eigenvalue weighted by Crippen LogP contribution is -2.49. The first-order valence-electron chi connectivity index (χ1n) is 11.4. The summed E-state index contributed by atoms with van der Waals surface area (Å²) in [5.74, 6) is 0.839. The van der Waals surface area contributed by atoms with Crippen LogP contribution in [0.4, 0.5) is 5.69 Å². The van der Waals surface area contributed by atoms with Crippen molar-refractivity contribution in [2.45, 2.75) is 32.2 Å². The smallest absolute Gasteiger partial charge is 0.251 e. The van der Waals surface area contributed by atoms with E-state index in [1.165, 1.54) is 11.3 Å². The summed E-state index contributed by atoms with van der Waals surface area (Å²) in [5, 5.41) is 3.13. The third-order valence-electron chi connectivity index (χ3n) is 6.22. The molecule has 1 aliphatic heterocycles. The number of piperazine rings is 1. The Balaban J connectivity index is 1.39. The molecule has 0 spiro atoms. The molecule has 1 aliphatic rings. The predicted molar refractivity (Wildman–Crippen MR) is 129 cm³/mol. The average molecular weight is 432 g/mol. The molecule has 2 heterocycles. The summed E-state index contributed by atoms with van der Waals surface area (Å²) in [7, 11) is 0. The van der Waals surface area contributed by atoms with E-state index >= 15 is 0 Å². The number of nitrogens with one attached hydrogen (secondary N) is 1. The minimum atomic E-state index is -0.0510. The highest BCUT2D eigenvalue weighted by Gasteiger charge is 2.27. The number of benzene rings is 2. The monoisotopic (exact) mass is 431 g/mol. The molecule has 32 heavy (non-hydrogen) atoms. The molecule has 0 unspecified atom stereocenters. The zero-order chi connectivity index (χ0) is 22.6. The number of amides is 1. The Bertz CT molecular complexity index is 984. The van der Waals surface area contributed by atoms with Gasteiger partial charge in [0.05, 0.1) is 12.3 Å². The summed E-state index contributed by atoms with van der Waals surface area (Å²) in [6.07, 6.45) is 1.70. The lowest BCUT2D eigenvalue weighted by Gasteiger charge is -2.39. The lowest BCUT2D eigenvalue weighted by atomic mass is 9.87. The van der Waals surface area contributed by atoms with Gasteiger partial charge in [0.15, 0.2) is 0 Å². The number of para-hydroxylation sites is 1. The second-order valence-electron chi connectivity index (χ2n) is 9.43. The van der Waals surface area contributed by atoms with E-state index in [2.05, 4.69) is 60.2 Å². The van der Waals surface area contributed by atoms with Crippen LogP contribution >= 0.6 is 0 Å². The van der Waals surface area contributed by atoms with Crippen LogP contribution in [-0.2, 0) is 5.41 Å². The fraction of sp³-hybridized carbons (Fsp3) is 0.370. The van der Waals surface area contributed by atoms with Crippen LogP contribution in [0.15, 0.2) is 77.4 Å². The largest absolute Gasteiger partial charge is 0.468 e. The summed E-state index contributed by atoms with van der Waals surface area (Å²) in [4.78, 5) is 17.6. The predicted octanol–water partition coefficient (Wildman–Crippen LogP) is 4.87. The number of hydrogen-bond donors (Lipinski definition) is 1. The Morgan fingerprint density at radius 2 is 1.62 bits per heavy atom. The summed E-state index contributed by atoms with van der Waals surface area (Å²) in [5.41, 5.74) is 3.24. The fourth-order valence-electron chi connectivity index (χ4n) is 4.23. The summed E-state index contributed by atoms with van der Waals surface area (Å²) >= 11 is 0. The number of furan rings is 1. The molecule has 5 nitrogen and oxygen atoms in total. The molecule has 1 aromatic heterocycles. The van der Waals surface area contributed by atoms with Crippen LogP contribution in [0.25, 0.3) is 0 Å². The number of carbonyl (C=O) groups is 1. The van der Waals surface area contributed by atoms with Gasteiger partial charge in [0.2, 0.25) is 0 Å². The van der Waals surface area contributed by atoms with E-state index in [4.69, 9.17) is 4.42 Å². The van der Waals surface area contributed by atoms with Crippen molar-refractivity contribution >= 4 is 11.6 Å². The summed E-state index contributed by atoms with van der Waals surface area (Å²) < 4.78 is 5.74. The molecule has 4 rings (SSSR count). The van der Waals surface area contributed by atoms with Gasteiger partial charge in [0.1, 0.15) is 5.76 Å². The highest BCUT2D eigenvalue weighted by molar-refractivity contribution is 5.94. The molecule has 2 aromatic carbocycles. The molecule has 1 amide bonds. The van der Waals surface area contributed by atoms with Crippen LogP contribution in [-0.4, -0.2) is 43.5 Å². The molecule has 1 atom stereocenters. The molecule has 1 N–H and O–H groups in total. The van der Waals surface area contributed by atoms with Gasteiger partial charge >= 0.3 is 0 Å². The topological polar surface area (TPSA) is 48.7 Å². The van der Waals surface area contributed by atoms with Gasteiger partial charge in [-0.1, -0.05) is 51.1 Å². The van der Waals surface area contributed by atoms with Crippen molar-refractivity contribution in [3.63, 3.8) is 0 Å². The van der Waals surface area contributed by atoms with E-state index in [0.717, 1.165) is 31.9 Å². The minimum Gasteiger partial charge on any atom is -0.468 e. The summed E-state index contributed by atoms with van der Waals surface area (Å²) in [6.45, 7) is 10.8. The SMILES string of the molecule is CC(C)(C)c1ccc(C(=O)NC[C@@H](c2ccco2)N2CCN(c3ccccc3)CC2)cc1. The Labute approximate surface area is 191 Å². The molecule has 0 saturated carbocycles. The molecule has 1 fully saturated rings.